The largest absolute Gasteiger partial charge is 0.344 e. The van der Waals surface area contributed by atoms with Gasteiger partial charge >= 0.3 is 0 Å². The smallest absolute Gasteiger partial charge is 0.0488 e. The van der Waals surface area contributed by atoms with E-state index in [-0.39, 0.29) is 0 Å². The Hall–Kier alpha value is -3.44. The average Bonchev–Trinajstić information content (AvgIpc) is 3.29. The van der Waals surface area contributed by atoms with E-state index < -0.39 is 0 Å². The van der Waals surface area contributed by atoms with Crippen molar-refractivity contribution in [2.24, 2.45) is 7.05 Å². The number of aryl methyl sites for hydroxylation is 1. The van der Waals surface area contributed by atoms with Crippen molar-refractivity contribution in [1.82, 2.24) is 19.3 Å². The first-order valence-corrected chi connectivity index (χ1v) is 14.9. The molecular weight excluding hydrogens is 488 g/mol. The first kappa shape index (κ1) is 25.5. The molecule has 0 saturated carbocycles. The summed E-state index contributed by atoms with van der Waals surface area (Å²) in [5.41, 5.74) is 8.52. The van der Waals surface area contributed by atoms with Crippen molar-refractivity contribution in [3.05, 3.63) is 119 Å². The number of para-hydroxylation sites is 1. The van der Waals surface area contributed by atoms with Crippen LogP contribution in [0.3, 0.4) is 0 Å². The average molecular weight is 529 g/mol. The van der Waals surface area contributed by atoms with E-state index in [2.05, 4.69) is 130 Å². The van der Waals surface area contributed by atoms with E-state index in [1.807, 2.05) is 0 Å². The number of benzene rings is 4. The minimum Gasteiger partial charge on any atom is -0.344 e. The van der Waals surface area contributed by atoms with Gasteiger partial charge in [0.15, 0.2) is 0 Å². The molecule has 0 N–H and O–H groups in total. The van der Waals surface area contributed by atoms with E-state index in [1.165, 1.54) is 38.5 Å². The number of hydrogen-bond donors (Lipinski definition) is 0. The second-order valence-corrected chi connectivity index (χ2v) is 11.9. The van der Waals surface area contributed by atoms with Crippen molar-refractivity contribution in [3.63, 3.8) is 0 Å². The summed E-state index contributed by atoms with van der Waals surface area (Å²) in [7, 11) is 4.45. The molecule has 0 radical (unpaired) electrons. The number of aromatic nitrogens is 1. The van der Waals surface area contributed by atoms with E-state index in [0.29, 0.717) is 12.0 Å². The lowest BCUT2D eigenvalue weighted by Crippen LogP contribution is -2.48. The van der Waals surface area contributed by atoms with E-state index in [4.69, 9.17) is 0 Å². The normalized spacial score (nSPS) is 20.8. The standard InChI is InChI=1S/C36H40N4/c1-37-20-22-39(23-21-37)26-33-30-13-7-6-12-29(30)25-40(19-18-27-10-4-3-5-11-27)36(33)28-16-17-35-32(24-28)31-14-8-9-15-34(31)38(35)2/h3-17,24,33,36H,18-23,25-26H2,1-2H3/t33-,36+/m0/s1. The zero-order valence-electron chi connectivity index (χ0n) is 23.8. The summed E-state index contributed by atoms with van der Waals surface area (Å²) in [5, 5.41) is 2.72. The Balaban J connectivity index is 1.33. The van der Waals surface area contributed by atoms with Crippen LogP contribution in [0.2, 0.25) is 0 Å². The van der Waals surface area contributed by atoms with Crippen LogP contribution in [0.4, 0.5) is 0 Å². The van der Waals surface area contributed by atoms with Crippen LogP contribution in [0.5, 0.6) is 0 Å². The van der Waals surface area contributed by atoms with Crippen LogP contribution in [0.25, 0.3) is 21.8 Å². The molecule has 0 amide bonds. The third kappa shape index (κ3) is 4.75. The fourth-order valence-corrected chi connectivity index (χ4v) is 7.24. The zero-order chi connectivity index (χ0) is 27.1. The summed E-state index contributed by atoms with van der Waals surface area (Å²) < 4.78 is 2.35. The van der Waals surface area contributed by atoms with Gasteiger partial charge in [-0.15, -0.1) is 0 Å². The molecule has 0 aliphatic carbocycles. The summed E-state index contributed by atoms with van der Waals surface area (Å²) in [6.45, 7) is 7.75. The summed E-state index contributed by atoms with van der Waals surface area (Å²) in [6, 6.07) is 36.8. The molecular formula is C36H40N4. The van der Waals surface area contributed by atoms with Gasteiger partial charge in [-0.2, -0.15) is 0 Å². The van der Waals surface area contributed by atoms with Crippen molar-refractivity contribution in [2.75, 3.05) is 46.3 Å². The highest BCUT2D eigenvalue weighted by Crippen LogP contribution is 2.44. The lowest BCUT2D eigenvalue weighted by atomic mass is 9.79. The van der Waals surface area contributed by atoms with Gasteiger partial charge in [0.25, 0.3) is 0 Å². The summed E-state index contributed by atoms with van der Waals surface area (Å²) >= 11 is 0. The topological polar surface area (TPSA) is 14.7 Å². The SMILES string of the molecule is CN1CCN(C[C@H]2c3ccccc3CN(CCc3ccccc3)[C@@H]2c2ccc3c(c2)c2ccccc2n3C)CC1. The van der Waals surface area contributed by atoms with Crippen LogP contribution in [-0.4, -0.2) is 65.6 Å². The zero-order valence-corrected chi connectivity index (χ0v) is 23.8. The van der Waals surface area contributed by atoms with Gasteiger partial charge in [0.1, 0.15) is 0 Å². The van der Waals surface area contributed by atoms with Gasteiger partial charge in [-0.25, -0.2) is 0 Å². The van der Waals surface area contributed by atoms with Gasteiger partial charge in [-0.3, -0.25) is 4.90 Å². The van der Waals surface area contributed by atoms with Gasteiger partial charge in [-0.05, 0) is 53.9 Å². The maximum absolute atomic E-state index is 2.78. The predicted molar refractivity (Wildman–Crippen MR) is 167 cm³/mol. The highest BCUT2D eigenvalue weighted by molar-refractivity contribution is 6.08. The second-order valence-electron chi connectivity index (χ2n) is 11.9. The van der Waals surface area contributed by atoms with Gasteiger partial charge in [0.2, 0.25) is 0 Å². The quantitative estimate of drug-likeness (QED) is 0.251. The molecule has 2 aliphatic rings. The minimum absolute atomic E-state index is 0.335. The summed E-state index contributed by atoms with van der Waals surface area (Å²) in [6.07, 6.45) is 1.07. The lowest BCUT2D eigenvalue weighted by Gasteiger charge is -2.45. The van der Waals surface area contributed by atoms with Crippen LogP contribution in [0.15, 0.2) is 97.1 Å². The molecule has 40 heavy (non-hydrogen) atoms. The molecule has 3 heterocycles. The Morgan fingerprint density at radius 2 is 1.43 bits per heavy atom. The number of hydrogen-bond acceptors (Lipinski definition) is 3. The molecule has 1 saturated heterocycles. The second kappa shape index (κ2) is 10.9. The van der Waals surface area contributed by atoms with Crippen LogP contribution in [0.1, 0.15) is 34.2 Å². The molecule has 2 atom stereocenters. The van der Waals surface area contributed by atoms with Crippen molar-refractivity contribution in [1.29, 1.82) is 0 Å². The predicted octanol–water partition coefficient (Wildman–Crippen LogP) is 6.46. The minimum atomic E-state index is 0.335. The number of nitrogens with zero attached hydrogens (tertiary/aromatic N) is 4. The Bertz CT molecular complexity index is 1610. The monoisotopic (exact) mass is 528 g/mol. The van der Waals surface area contributed by atoms with Gasteiger partial charge in [-0.1, -0.05) is 78.9 Å². The molecule has 204 valence electrons. The molecule has 5 aromatic rings. The molecule has 2 aliphatic heterocycles. The van der Waals surface area contributed by atoms with Crippen molar-refractivity contribution in [3.8, 4) is 0 Å². The first-order chi connectivity index (χ1) is 19.7. The molecule has 7 rings (SSSR count). The van der Waals surface area contributed by atoms with Crippen molar-refractivity contribution in [2.45, 2.75) is 24.9 Å². The fraction of sp³-hybridized carbons (Fsp3) is 0.333. The number of piperazine rings is 1. The number of rotatable bonds is 6. The Morgan fingerprint density at radius 1 is 0.700 bits per heavy atom. The van der Waals surface area contributed by atoms with Crippen LogP contribution in [-0.2, 0) is 20.0 Å². The van der Waals surface area contributed by atoms with Crippen LogP contribution < -0.4 is 0 Å². The Morgan fingerprint density at radius 3 is 2.27 bits per heavy atom. The van der Waals surface area contributed by atoms with Gasteiger partial charge < -0.3 is 14.4 Å². The molecule has 0 unspecified atom stereocenters. The maximum Gasteiger partial charge on any atom is 0.0488 e. The van der Waals surface area contributed by atoms with E-state index in [1.54, 1.807) is 5.56 Å². The molecule has 0 bridgehead atoms. The molecule has 4 aromatic carbocycles. The highest BCUT2D eigenvalue weighted by atomic mass is 15.3. The van der Waals surface area contributed by atoms with Crippen molar-refractivity contribution >= 4 is 21.8 Å². The Kier molecular flexibility index (Phi) is 6.92. The molecule has 0 spiro atoms. The maximum atomic E-state index is 2.78. The van der Waals surface area contributed by atoms with Crippen LogP contribution >= 0.6 is 0 Å². The Labute approximate surface area is 238 Å². The van der Waals surface area contributed by atoms with Gasteiger partial charge in [0.05, 0.1) is 0 Å². The van der Waals surface area contributed by atoms with Crippen LogP contribution in [0, 0.1) is 0 Å². The summed E-state index contributed by atoms with van der Waals surface area (Å²) in [5.74, 6) is 0.427. The van der Waals surface area contributed by atoms with Gasteiger partial charge in [0, 0.05) is 86.6 Å². The van der Waals surface area contributed by atoms with E-state index in [9.17, 15) is 0 Å². The molecule has 1 fully saturated rings. The fourth-order valence-electron chi connectivity index (χ4n) is 7.24. The van der Waals surface area contributed by atoms with E-state index in [0.717, 1.165) is 52.2 Å². The number of fused-ring (bicyclic) bond motifs is 4. The highest BCUT2D eigenvalue weighted by Gasteiger charge is 2.37. The number of likely N-dealkylation sites (N-methyl/N-ethyl adjacent to an activating group) is 1. The first-order valence-electron chi connectivity index (χ1n) is 14.9. The molecule has 4 heteroatoms. The van der Waals surface area contributed by atoms with Crippen molar-refractivity contribution < 1.29 is 0 Å². The molecule has 4 nitrogen and oxygen atoms in total. The lowest BCUT2D eigenvalue weighted by molar-refractivity contribution is 0.0972. The molecule has 1 aromatic heterocycles. The third-order valence-electron chi connectivity index (χ3n) is 9.46. The third-order valence-corrected chi connectivity index (χ3v) is 9.46. The van der Waals surface area contributed by atoms with E-state index >= 15 is 0 Å². The summed E-state index contributed by atoms with van der Waals surface area (Å²) in [4.78, 5) is 7.96.